The van der Waals surface area contributed by atoms with Crippen molar-refractivity contribution in [3.63, 3.8) is 0 Å². The molecule has 2 aromatic carbocycles. The third-order valence-corrected chi connectivity index (χ3v) is 5.18. The largest absolute Gasteiger partial charge is 0.481 e. The SMILES string of the molecule is CC(Cc1ccc(F)cc1)(Cc1cc2ccccc2s1)C(=O)O. The van der Waals surface area contributed by atoms with Crippen molar-refractivity contribution in [3.8, 4) is 0 Å². The summed E-state index contributed by atoms with van der Waals surface area (Å²) in [6.45, 7) is 1.75. The van der Waals surface area contributed by atoms with E-state index >= 15 is 0 Å². The van der Waals surface area contributed by atoms with E-state index in [1.807, 2.05) is 24.3 Å². The lowest BCUT2D eigenvalue weighted by molar-refractivity contribution is -0.147. The minimum absolute atomic E-state index is 0.310. The van der Waals surface area contributed by atoms with Crippen LogP contribution in [0.1, 0.15) is 17.4 Å². The second kappa shape index (κ2) is 6.13. The van der Waals surface area contributed by atoms with E-state index in [1.54, 1.807) is 30.4 Å². The van der Waals surface area contributed by atoms with Gasteiger partial charge in [0.1, 0.15) is 5.82 Å². The van der Waals surface area contributed by atoms with Crippen LogP contribution in [0, 0.1) is 11.2 Å². The average molecular weight is 328 g/mol. The molecular formula is C19H17FO2S. The van der Waals surface area contributed by atoms with E-state index in [0.29, 0.717) is 12.8 Å². The summed E-state index contributed by atoms with van der Waals surface area (Å²) in [4.78, 5) is 12.9. The molecule has 0 aliphatic rings. The van der Waals surface area contributed by atoms with Gasteiger partial charge in [0.25, 0.3) is 0 Å². The van der Waals surface area contributed by atoms with Crippen molar-refractivity contribution in [1.29, 1.82) is 0 Å². The van der Waals surface area contributed by atoms with Crippen molar-refractivity contribution in [2.75, 3.05) is 0 Å². The minimum Gasteiger partial charge on any atom is -0.481 e. The summed E-state index contributed by atoms with van der Waals surface area (Å²) in [5.74, 6) is -1.14. The Balaban J connectivity index is 1.87. The number of carbonyl (C=O) groups is 1. The predicted octanol–water partition coefficient (Wildman–Crippen LogP) is 4.92. The van der Waals surface area contributed by atoms with Crippen molar-refractivity contribution in [2.24, 2.45) is 5.41 Å². The van der Waals surface area contributed by atoms with Crippen LogP contribution in [0.3, 0.4) is 0 Å². The first-order valence-electron chi connectivity index (χ1n) is 7.42. The molecule has 4 heteroatoms. The van der Waals surface area contributed by atoms with Crippen LogP contribution in [-0.2, 0) is 17.6 Å². The van der Waals surface area contributed by atoms with Gasteiger partial charge in [0.15, 0.2) is 0 Å². The Morgan fingerprint density at radius 1 is 1.13 bits per heavy atom. The Bertz CT molecular complexity index is 805. The van der Waals surface area contributed by atoms with E-state index in [-0.39, 0.29) is 5.82 Å². The van der Waals surface area contributed by atoms with E-state index in [9.17, 15) is 14.3 Å². The van der Waals surface area contributed by atoms with E-state index < -0.39 is 11.4 Å². The van der Waals surface area contributed by atoms with Crippen LogP contribution in [0.25, 0.3) is 10.1 Å². The first-order valence-corrected chi connectivity index (χ1v) is 8.23. The smallest absolute Gasteiger partial charge is 0.310 e. The molecule has 0 fully saturated rings. The fourth-order valence-electron chi connectivity index (χ4n) is 2.78. The molecule has 0 amide bonds. The molecule has 1 heterocycles. The Hall–Kier alpha value is -2.20. The van der Waals surface area contributed by atoms with Crippen LogP contribution in [0.15, 0.2) is 54.6 Å². The molecule has 0 radical (unpaired) electrons. The maximum Gasteiger partial charge on any atom is 0.310 e. The first kappa shape index (κ1) is 15.7. The number of rotatable bonds is 5. The summed E-state index contributed by atoms with van der Waals surface area (Å²) >= 11 is 1.63. The lowest BCUT2D eigenvalue weighted by Gasteiger charge is -2.24. The third kappa shape index (κ3) is 3.42. The molecule has 3 rings (SSSR count). The number of fused-ring (bicyclic) bond motifs is 1. The molecule has 1 atom stereocenters. The van der Waals surface area contributed by atoms with Gasteiger partial charge < -0.3 is 5.11 Å². The summed E-state index contributed by atoms with van der Waals surface area (Å²) in [5, 5.41) is 10.9. The van der Waals surface area contributed by atoms with Gasteiger partial charge in [0, 0.05) is 9.58 Å². The highest BCUT2D eigenvalue weighted by Gasteiger charge is 2.34. The molecule has 0 saturated heterocycles. The number of benzene rings is 2. The van der Waals surface area contributed by atoms with Crippen LogP contribution in [0.2, 0.25) is 0 Å². The molecule has 3 aromatic rings. The Kier molecular flexibility index (Phi) is 4.18. The van der Waals surface area contributed by atoms with Gasteiger partial charge >= 0.3 is 5.97 Å². The summed E-state index contributed by atoms with van der Waals surface area (Å²) in [6, 6.07) is 16.2. The Labute approximate surface area is 138 Å². The van der Waals surface area contributed by atoms with Crippen LogP contribution >= 0.6 is 11.3 Å². The van der Waals surface area contributed by atoms with Crippen LogP contribution in [0.5, 0.6) is 0 Å². The van der Waals surface area contributed by atoms with E-state index in [4.69, 9.17) is 0 Å². The van der Waals surface area contributed by atoms with Crippen molar-refractivity contribution in [1.82, 2.24) is 0 Å². The molecular weight excluding hydrogens is 311 g/mol. The van der Waals surface area contributed by atoms with Crippen molar-refractivity contribution >= 4 is 27.4 Å². The zero-order valence-corrected chi connectivity index (χ0v) is 13.6. The van der Waals surface area contributed by atoms with Gasteiger partial charge in [-0.25, -0.2) is 4.39 Å². The molecule has 0 aliphatic heterocycles. The quantitative estimate of drug-likeness (QED) is 0.722. The topological polar surface area (TPSA) is 37.3 Å². The molecule has 1 aromatic heterocycles. The van der Waals surface area contributed by atoms with Crippen molar-refractivity contribution in [3.05, 3.63) is 70.9 Å². The van der Waals surface area contributed by atoms with Gasteiger partial charge in [-0.15, -0.1) is 11.3 Å². The number of aliphatic carboxylic acids is 1. The lowest BCUT2D eigenvalue weighted by atomic mass is 9.80. The molecule has 118 valence electrons. The third-order valence-electron chi connectivity index (χ3n) is 4.06. The van der Waals surface area contributed by atoms with Crippen LogP contribution in [0.4, 0.5) is 4.39 Å². The summed E-state index contributed by atoms with van der Waals surface area (Å²) in [5.41, 5.74) is -0.0870. The van der Waals surface area contributed by atoms with Gasteiger partial charge in [-0.1, -0.05) is 30.3 Å². The number of hydrogen-bond acceptors (Lipinski definition) is 2. The van der Waals surface area contributed by atoms with Gasteiger partial charge in [-0.2, -0.15) is 0 Å². The summed E-state index contributed by atoms with van der Waals surface area (Å²) in [6.07, 6.45) is 0.829. The lowest BCUT2D eigenvalue weighted by Crippen LogP contribution is -2.32. The van der Waals surface area contributed by atoms with Crippen molar-refractivity contribution in [2.45, 2.75) is 19.8 Å². The van der Waals surface area contributed by atoms with Crippen molar-refractivity contribution < 1.29 is 14.3 Å². The van der Waals surface area contributed by atoms with E-state index in [1.165, 1.54) is 12.1 Å². The number of hydrogen-bond donors (Lipinski definition) is 1. The molecule has 0 spiro atoms. The number of carboxylic acid groups (broad SMARTS) is 1. The van der Waals surface area contributed by atoms with Crippen LogP contribution < -0.4 is 0 Å². The molecule has 2 nitrogen and oxygen atoms in total. The molecule has 0 bridgehead atoms. The zero-order chi connectivity index (χ0) is 16.4. The maximum absolute atomic E-state index is 13.0. The van der Waals surface area contributed by atoms with Gasteiger partial charge in [-0.05, 0) is 55.0 Å². The summed E-state index contributed by atoms with van der Waals surface area (Å²) in [7, 11) is 0. The second-order valence-electron chi connectivity index (χ2n) is 6.10. The molecule has 0 saturated carbocycles. The highest BCUT2D eigenvalue weighted by molar-refractivity contribution is 7.19. The standard InChI is InChI=1S/C19H17FO2S/c1-19(18(21)22,11-13-6-8-15(20)9-7-13)12-16-10-14-4-2-3-5-17(14)23-16/h2-10H,11-12H2,1H3,(H,21,22). The fourth-order valence-corrected chi connectivity index (χ4v) is 4.03. The fraction of sp³-hybridized carbons (Fsp3) is 0.211. The van der Waals surface area contributed by atoms with Gasteiger partial charge in [0.05, 0.1) is 5.41 Å². The van der Waals surface area contributed by atoms with E-state index in [0.717, 1.165) is 20.5 Å². The zero-order valence-electron chi connectivity index (χ0n) is 12.8. The molecule has 23 heavy (non-hydrogen) atoms. The highest BCUT2D eigenvalue weighted by Crippen LogP contribution is 2.33. The molecule has 1 N–H and O–H groups in total. The molecule has 1 unspecified atom stereocenters. The predicted molar refractivity (Wildman–Crippen MR) is 91.4 cm³/mol. The number of carboxylic acids is 1. The van der Waals surface area contributed by atoms with Crippen LogP contribution in [-0.4, -0.2) is 11.1 Å². The Morgan fingerprint density at radius 3 is 2.48 bits per heavy atom. The Morgan fingerprint density at radius 2 is 1.83 bits per heavy atom. The minimum atomic E-state index is -0.918. The monoisotopic (exact) mass is 328 g/mol. The van der Waals surface area contributed by atoms with E-state index in [2.05, 4.69) is 6.07 Å². The normalized spacial score (nSPS) is 13.8. The highest BCUT2D eigenvalue weighted by atomic mass is 32.1. The number of halogens is 1. The summed E-state index contributed by atoms with van der Waals surface area (Å²) < 4.78 is 14.2. The average Bonchev–Trinajstić information content (AvgIpc) is 2.91. The molecule has 0 aliphatic carbocycles. The van der Waals surface area contributed by atoms with Gasteiger partial charge in [0.2, 0.25) is 0 Å². The first-order chi connectivity index (χ1) is 11.0. The second-order valence-corrected chi connectivity index (χ2v) is 7.26. The maximum atomic E-state index is 13.0. The number of thiophene rings is 1. The van der Waals surface area contributed by atoms with Gasteiger partial charge in [-0.3, -0.25) is 4.79 Å².